The van der Waals surface area contributed by atoms with Gasteiger partial charge in [-0.05, 0) is 11.4 Å². The smallest absolute Gasteiger partial charge is 0.347 e. The Morgan fingerprint density at radius 3 is 2.61 bits per heavy atom. The van der Waals surface area contributed by atoms with Crippen molar-refractivity contribution in [3.05, 3.63) is 38.0 Å². The Balaban J connectivity index is 2.37. The summed E-state index contributed by atoms with van der Waals surface area (Å²) in [7, 11) is 0. The van der Waals surface area contributed by atoms with Gasteiger partial charge in [-0.15, -0.1) is 22.7 Å². The molecule has 96 valence electrons. The second kappa shape index (κ2) is 4.82. The minimum absolute atomic E-state index is 0.238. The van der Waals surface area contributed by atoms with Gasteiger partial charge in [0.1, 0.15) is 4.88 Å². The Hall–Kier alpha value is -1.20. The number of carbonyl (C=O) groups is 1. The van der Waals surface area contributed by atoms with Crippen LogP contribution in [-0.2, 0) is 11.8 Å². The number of rotatable bonds is 3. The molecule has 3 nitrogen and oxygen atoms in total. The largest absolute Gasteiger partial charge is 0.477 e. The van der Waals surface area contributed by atoms with Crippen LogP contribution in [-0.4, -0.2) is 16.1 Å². The maximum absolute atomic E-state index is 11.3. The van der Waals surface area contributed by atoms with E-state index in [1.165, 1.54) is 16.2 Å². The molecule has 0 spiro atoms. The predicted octanol–water partition coefficient (Wildman–Crippen LogP) is 3.79. The number of hydrogen-bond donors (Lipinski definition) is 1. The second-order valence-corrected chi connectivity index (χ2v) is 7.21. The summed E-state index contributed by atoms with van der Waals surface area (Å²) < 4.78 is 0. The fourth-order valence-corrected chi connectivity index (χ4v) is 3.59. The third kappa shape index (κ3) is 2.79. The lowest BCUT2D eigenvalue weighted by molar-refractivity contribution is 0.0699. The first-order valence-electron chi connectivity index (χ1n) is 5.64. The first-order chi connectivity index (χ1) is 8.38. The van der Waals surface area contributed by atoms with Crippen molar-refractivity contribution in [2.24, 2.45) is 0 Å². The quantitative estimate of drug-likeness (QED) is 0.931. The Labute approximate surface area is 114 Å². The number of carboxylic acid groups (broad SMARTS) is 1. The third-order valence-corrected chi connectivity index (χ3v) is 4.40. The van der Waals surface area contributed by atoms with Crippen LogP contribution in [0.15, 0.2) is 17.5 Å². The Kier molecular flexibility index (Phi) is 3.54. The van der Waals surface area contributed by atoms with Crippen LogP contribution < -0.4 is 0 Å². The number of carboxylic acids is 1. The number of thiazole rings is 1. The molecule has 2 heterocycles. The van der Waals surface area contributed by atoms with Gasteiger partial charge in [-0.25, -0.2) is 9.78 Å². The van der Waals surface area contributed by atoms with Crippen LogP contribution in [0.4, 0.5) is 0 Å². The van der Waals surface area contributed by atoms with E-state index in [4.69, 9.17) is 0 Å². The summed E-state index contributed by atoms with van der Waals surface area (Å²) in [5.74, 6) is -0.880. The molecule has 0 atom stereocenters. The molecule has 0 aliphatic carbocycles. The summed E-state index contributed by atoms with van der Waals surface area (Å²) in [5, 5.41) is 12.1. The van der Waals surface area contributed by atoms with Gasteiger partial charge in [-0.1, -0.05) is 26.8 Å². The van der Waals surface area contributed by atoms with Crippen LogP contribution in [0.5, 0.6) is 0 Å². The van der Waals surface area contributed by atoms with Crippen LogP contribution in [0.1, 0.15) is 46.0 Å². The SMILES string of the molecule is CC(C)(C)c1nc(Cc2cccs2)sc1C(=O)O. The van der Waals surface area contributed by atoms with Gasteiger partial charge >= 0.3 is 5.97 Å². The van der Waals surface area contributed by atoms with Crippen LogP contribution in [0.3, 0.4) is 0 Å². The van der Waals surface area contributed by atoms with E-state index in [1.807, 2.05) is 38.3 Å². The standard InChI is InChI=1S/C13H15NO2S2/c1-13(2,3)11-10(12(15)16)18-9(14-11)7-8-5-4-6-17-8/h4-6H,7H2,1-3H3,(H,15,16). The number of nitrogens with zero attached hydrogens (tertiary/aromatic N) is 1. The highest BCUT2D eigenvalue weighted by molar-refractivity contribution is 7.14. The molecule has 0 radical (unpaired) electrons. The van der Waals surface area contributed by atoms with Crippen LogP contribution in [0.2, 0.25) is 0 Å². The molecule has 0 saturated heterocycles. The van der Waals surface area contributed by atoms with Gasteiger partial charge in [0.15, 0.2) is 0 Å². The average Bonchev–Trinajstić information content (AvgIpc) is 2.85. The first-order valence-corrected chi connectivity index (χ1v) is 7.33. The van der Waals surface area contributed by atoms with Gasteiger partial charge in [-0.3, -0.25) is 0 Å². The van der Waals surface area contributed by atoms with E-state index in [1.54, 1.807) is 11.3 Å². The molecular formula is C13H15NO2S2. The lowest BCUT2D eigenvalue weighted by Gasteiger charge is -2.15. The fourth-order valence-electron chi connectivity index (χ4n) is 1.66. The zero-order chi connectivity index (χ0) is 13.3. The highest BCUT2D eigenvalue weighted by Gasteiger charge is 2.26. The number of aromatic nitrogens is 1. The molecule has 0 aliphatic rings. The summed E-state index contributed by atoms with van der Waals surface area (Å²) in [5.41, 5.74) is 0.448. The van der Waals surface area contributed by atoms with Gasteiger partial charge in [0, 0.05) is 16.7 Å². The fraction of sp³-hybridized carbons (Fsp3) is 0.385. The molecule has 0 bridgehead atoms. The second-order valence-electron chi connectivity index (χ2n) is 5.10. The van der Waals surface area contributed by atoms with Crippen molar-refractivity contribution in [1.29, 1.82) is 0 Å². The lowest BCUT2D eigenvalue weighted by Crippen LogP contribution is -2.16. The van der Waals surface area contributed by atoms with E-state index < -0.39 is 5.97 Å². The minimum Gasteiger partial charge on any atom is -0.477 e. The molecule has 18 heavy (non-hydrogen) atoms. The van der Waals surface area contributed by atoms with Gasteiger partial charge in [0.05, 0.1) is 10.7 Å². The highest BCUT2D eigenvalue weighted by atomic mass is 32.1. The molecular weight excluding hydrogens is 266 g/mol. The van der Waals surface area contributed by atoms with Crippen molar-refractivity contribution in [3.8, 4) is 0 Å². The van der Waals surface area contributed by atoms with E-state index in [2.05, 4.69) is 4.98 Å². The maximum atomic E-state index is 11.3. The minimum atomic E-state index is -0.880. The normalized spacial score (nSPS) is 11.7. The maximum Gasteiger partial charge on any atom is 0.347 e. The van der Waals surface area contributed by atoms with Crippen LogP contribution in [0, 0.1) is 0 Å². The molecule has 2 aromatic rings. The first kappa shape index (κ1) is 13.2. The summed E-state index contributed by atoms with van der Waals surface area (Å²) in [6, 6.07) is 4.04. The van der Waals surface area contributed by atoms with E-state index >= 15 is 0 Å². The molecule has 0 aromatic carbocycles. The molecule has 0 aliphatic heterocycles. The van der Waals surface area contributed by atoms with E-state index in [-0.39, 0.29) is 5.41 Å². The summed E-state index contributed by atoms with van der Waals surface area (Å²) in [4.78, 5) is 17.4. The van der Waals surface area contributed by atoms with Crippen molar-refractivity contribution in [2.45, 2.75) is 32.6 Å². The van der Waals surface area contributed by atoms with Crippen molar-refractivity contribution in [1.82, 2.24) is 4.98 Å². The molecule has 0 unspecified atom stereocenters. The zero-order valence-corrected chi connectivity index (χ0v) is 12.2. The third-order valence-electron chi connectivity index (χ3n) is 2.48. The monoisotopic (exact) mass is 281 g/mol. The Bertz CT molecular complexity index is 550. The molecule has 0 saturated carbocycles. The summed E-state index contributed by atoms with van der Waals surface area (Å²) in [6.07, 6.45) is 0.721. The molecule has 0 amide bonds. The van der Waals surface area contributed by atoms with Crippen molar-refractivity contribution in [3.63, 3.8) is 0 Å². The van der Waals surface area contributed by atoms with Gasteiger partial charge in [-0.2, -0.15) is 0 Å². The predicted molar refractivity (Wildman–Crippen MR) is 74.9 cm³/mol. The lowest BCUT2D eigenvalue weighted by atomic mass is 9.91. The number of hydrogen-bond acceptors (Lipinski definition) is 4. The molecule has 0 fully saturated rings. The van der Waals surface area contributed by atoms with Crippen LogP contribution >= 0.6 is 22.7 Å². The average molecular weight is 281 g/mol. The highest BCUT2D eigenvalue weighted by Crippen LogP contribution is 2.31. The molecule has 2 rings (SSSR count). The van der Waals surface area contributed by atoms with E-state index in [0.717, 1.165) is 11.4 Å². The molecule has 5 heteroatoms. The van der Waals surface area contributed by atoms with Crippen molar-refractivity contribution < 1.29 is 9.90 Å². The van der Waals surface area contributed by atoms with Gasteiger partial charge < -0.3 is 5.11 Å². The Morgan fingerprint density at radius 2 is 2.17 bits per heavy atom. The van der Waals surface area contributed by atoms with Crippen LogP contribution in [0.25, 0.3) is 0 Å². The summed E-state index contributed by atoms with van der Waals surface area (Å²) in [6.45, 7) is 5.97. The van der Waals surface area contributed by atoms with Crippen molar-refractivity contribution in [2.75, 3.05) is 0 Å². The van der Waals surface area contributed by atoms with E-state index in [9.17, 15) is 9.90 Å². The molecule has 1 N–H and O–H groups in total. The summed E-state index contributed by atoms with van der Waals surface area (Å²) >= 11 is 2.96. The number of thiophene rings is 1. The topological polar surface area (TPSA) is 50.2 Å². The van der Waals surface area contributed by atoms with Crippen molar-refractivity contribution >= 4 is 28.6 Å². The van der Waals surface area contributed by atoms with E-state index in [0.29, 0.717) is 10.6 Å². The number of aromatic carboxylic acids is 1. The van der Waals surface area contributed by atoms with Gasteiger partial charge in [0.25, 0.3) is 0 Å². The van der Waals surface area contributed by atoms with Gasteiger partial charge in [0.2, 0.25) is 0 Å². The molecule has 2 aromatic heterocycles. The zero-order valence-electron chi connectivity index (χ0n) is 10.6. The Morgan fingerprint density at radius 1 is 1.44 bits per heavy atom.